The third-order valence-electron chi connectivity index (χ3n) is 3.49. The Morgan fingerprint density at radius 3 is 2.94 bits per heavy atom. The average Bonchev–Trinajstić information content (AvgIpc) is 2.57. The summed E-state index contributed by atoms with van der Waals surface area (Å²) in [6, 6.07) is 6.45. The van der Waals surface area contributed by atoms with Crippen LogP contribution in [0.5, 0.6) is 0 Å². The molecule has 1 aromatic carbocycles. The van der Waals surface area contributed by atoms with Gasteiger partial charge < -0.3 is 4.79 Å². The van der Waals surface area contributed by atoms with E-state index in [0.717, 1.165) is 31.1 Å². The first-order chi connectivity index (χ1) is 7.57. The Kier molecular flexibility index (Phi) is 2.71. The fourth-order valence-electron chi connectivity index (χ4n) is 2.75. The lowest BCUT2D eigenvalue weighted by Gasteiger charge is -2.24. The Hall–Kier alpha value is -1.37. The zero-order valence-corrected chi connectivity index (χ0v) is 10.0. The smallest absolute Gasteiger partial charge is 0.130 e. The topological polar surface area (TPSA) is 17.1 Å². The zero-order chi connectivity index (χ0) is 11.8. The molecule has 1 aromatic rings. The summed E-state index contributed by atoms with van der Waals surface area (Å²) < 4.78 is 0. The summed E-state index contributed by atoms with van der Waals surface area (Å²) in [6.45, 7) is 8.03. The maximum Gasteiger partial charge on any atom is 0.130 e. The molecule has 2 rings (SSSR count). The van der Waals surface area contributed by atoms with Crippen LogP contribution in [0.3, 0.4) is 0 Å². The van der Waals surface area contributed by atoms with E-state index < -0.39 is 0 Å². The normalized spacial score (nSPS) is 22.9. The molecule has 1 heteroatoms. The van der Waals surface area contributed by atoms with E-state index in [2.05, 4.69) is 31.7 Å². The lowest BCUT2D eigenvalue weighted by atomic mass is 9.78. The number of rotatable bonds is 3. The number of carbonyl (C=O) groups excluding carboxylic acids is 1. The zero-order valence-electron chi connectivity index (χ0n) is 10.0. The average molecular weight is 214 g/mol. The molecule has 0 aliphatic heterocycles. The number of aryl methyl sites for hydroxylation is 2. The second kappa shape index (κ2) is 3.89. The van der Waals surface area contributed by atoms with Gasteiger partial charge in [-0.3, -0.25) is 0 Å². The van der Waals surface area contributed by atoms with Gasteiger partial charge in [0.25, 0.3) is 0 Å². The number of aldehydes is 1. The van der Waals surface area contributed by atoms with Crippen molar-refractivity contribution in [3.63, 3.8) is 0 Å². The molecule has 0 fully saturated rings. The molecule has 0 heterocycles. The Labute approximate surface area is 97.2 Å². The van der Waals surface area contributed by atoms with Crippen LogP contribution in [0, 0.1) is 6.92 Å². The van der Waals surface area contributed by atoms with Crippen LogP contribution in [0.2, 0.25) is 0 Å². The molecule has 0 aromatic heterocycles. The van der Waals surface area contributed by atoms with Crippen molar-refractivity contribution in [3.8, 4) is 0 Å². The van der Waals surface area contributed by atoms with Crippen LogP contribution in [0.25, 0.3) is 0 Å². The van der Waals surface area contributed by atoms with Crippen molar-refractivity contribution < 1.29 is 4.79 Å². The largest absolute Gasteiger partial charge is 0.302 e. The highest BCUT2D eigenvalue weighted by molar-refractivity contribution is 5.72. The predicted molar refractivity (Wildman–Crippen MR) is 66.7 cm³/mol. The van der Waals surface area contributed by atoms with Crippen LogP contribution in [-0.4, -0.2) is 6.29 Å². The number of hydrogen-bond donors (Lipinski definition) is 0. The summed E-state index contributed by atoms with van der Waals surface area (Å²) in [7, 11) is 0. The SMILES string of the molecule is C=C(C)CC1(C=O)CCc2ccc(C)cc21. The van der Waals surface area contributed by atoms with Crippen LogP contribution < -0.4 is 0 Å². The summed E-state index contributed by atoms with van der Waals surface area (Å²) in [5.74, 6) is 0. The van der Waals surface area contributed by atoms with E-state index in [-0.39, 0.29) is 5.41 Å². The van der Waals surface area contributed by atoms with Crippen LogP contribution in [0.1, 0.15) is 36.5 Å². The molecule has 84 valence electrons. The first-order valence-electron chi connectivity index (χ1n) is 5.78. The van der Waals surface area contributed by atoms with Crippen LogP contribution in [0.15, 0.2) is 30.4 Å². The number of benzene rings is 1. The standard InChI is InChI=1S/C15H18O/c1-11(2)9-15(10-16)7-6-13-5-4-12(3)8-14(13)15/h4-5,8,10H,1,6-7,9H2,2-3H3. The molecule has 0 spiro atoms. The first-order valence-corrected chi connectivity index (χ1v) is 5.78. The molecule has 0 saturated heterocycles. The molecular formula is C15H18O. The van der Waals surface area contributed by atoms with E-state index in [1.165, 1.54) is 16.7 Å². The highest BCUT2D eigenvalue weighted by atomic mass is 16.1. The van der Waals surface area contributed by atoms with Crippen molar-refractivity contribution in [1.29, 1.82) is 0 Å². The van der Waals surface area contributed by atoms with Gasteiger partial charge in [0.1, 0.15) is 6.29 Å². The monoisotopic (exact) mass is 214 g/mol. The molecule has 0 saturated carbocycles. The van der Waals surface area contributed by atoms with E-state index in [4.69, 9.17) is 0 Å². The van der Waals surface area contributed by atoms with Crippen molar-refractivity contribution in [2.24, 2.45) is 0 Å². The molecule has 0 bridgehead atoms. The Morgan fingerprint density at radius 2 is 2.31 bits per heavy atom. The molecule has 0 N–H and O–H groups in total. The van der Waals surface area contributed by atoms with Crippen LogP contribution in [0.4, 0.5) is 0 Å². The third kappa shape index (κ3) is 1.71. The Morgan fingerprint density at radius 1 is 1.56 bits per heavy atom. The van der Waals surface area contributed by atoms with Gasteiger partial charge in [0.2, 0.25) is 0 Å². The molecule has 1 atom stereocenters. The van der Waals surface area contributed by atoms with Crippen molar-refractivity contribution in [3.05, 3.63) is 47.0 Å². The molecule has 1 nitrogen and oxygen atoms in total. The highest BCUT2D eigenvalue weighted by Gasteiger charge is 2.38. The minimum atomic E-state index is -0.298. The van der Waals surface area contributed by atoms with Gasteiger partial charge in [0.15, 0.2) is 0 Å². The molecule has 16 heavy (non-hydrogen) atoms. The molecule has 1 aliphatic rings. The minimum Gasteiger partial charge on any atom is -0.302 e. The fraction of sp³-hybridized carbons (Fsp3) is 0.400. The third-order valence-corrected chi connectivity index (χ3v) is 3.49. The van der Waals surface area contributed by atoms with Gasteiger partial charge in [-0.1, -0.05) is 29.3 Å². The van der Waals surface area contributed by atoms with Gasteiger partial charge >= 0.3 is 0 Å². The van der Waals surface area contributed by atoms with E-state index >= 15 is 0 Å². The molecule has 1 unspecified atom stereocenters. The maximum absolute atomic E-state index is 11.5. The summed E-state index contributed by atoms with van der Waals surface area (Å²) in [5, 5.41) is 0. The van der Waals surface area contributed by atoms with Gasteiger partial charge in [-0.15, -0.1) is 6.58 Å². The number of allylic oxidation sites excluding steroid dienone is 1. The Balaban J connectivity index is 2.49. The van der Waals surface area contributed by atoms with E-state index in [1.54, 1.807) is 0 Å². The second-order valence-corrected chi connectivity index (χ2v) is 5.07. The quantitative estimate of drug-likeness (QED) is 0.557. The van der Waals surface area contributed by atoms with Gasteiger partial charge in [-0.05, 0) is 44.2 Å². The fourth-order valence-corrected chi connectivity index (χ4v) is 2.75. The van der Waals surface area contributed by atoms with E-state index in [0.29, 0.717) is 0 Å². The Bertz CT molecular complexity index is 445. The van der Waals surface area contributed by atoms with Crippen molar-refractivity contribution in [2.45, 2.75) is 38.5 Å². The van der Waals surface area contributed by atoms with Crippen LogP contribution >= 0.6 is 0 Å². The summed E-state index contributed by atoms with van der Waals surface area (Å²) >= 11 is 0. The van der Waals surface area contributed by atoms with Gasteiger partial charge in [-0.2, -0.15) is 0 Å². The van der Waals surface area contributed by atoms with Crippen LogP contribution in [-0.2, 0) is 16.6 Å². The summed E-state index contributed by atoms with van der Waals surface area (Å²) in [5.41, 5.74) is 4.58. The molecule has 0 radical (unpaired) electrons. The number of carbonyl (C=O) groups is 1. The minimum absolute atomic E-state index is 0.298. The van der Waals surface area contributed by atoms with Gasteiger partial charge in [-0.25, -0.2) is 0 Å². The van der Waals surface area contributed by atoms with Crippen molar-refractivity contribution >= 4 is 6.29 Å². The second-order valence-electron chi connectivity index (χ2n) is 5.07. The summed E-state index contributed by atoms with van der Waals surface area (Å²) in [6.07, 6.45) is 3.86. The van der Waals surface area contributed by atoms with Crippen molar-refractivity contribution in [1.82, 2.24) is 0 Å². The van der Waals surface area contributed by atoms with Crippen molar-refractivity contribution in [2.75, 3.05) is 0 Å². The predicted octanol–water partition coefficient (Wildman–Crippen LogP) is 3.34. The summed E-state index contributed by atoms with van der Waals surface area (Å²) in [4.78, 5) is 11.5. The molecule has 0 amide bonds. The van der Waals surface area contributed by atoms with Gasteiger partial charge in [0, 0.05) is 0 Å². The first kappa shape index (κ1) is 11.1. The maximum atomic E-state index is 11.5. The van der Waals surface area contributed by atoms with E-state index in [9.17, 15) is 4.79 Å². The molecule has 1 aliphatic carbocycles. The number of fused-ring (bicyclic) bond motifs is 1. The van der Waals surface area contributed by atoms with Gasteiger partial charge in [0.05, 0.1) is 5.41 Å². The lowest BCUT2D eigenvalue weighted by molar-refractivity contribution is -0.112. The molecular weight excluding hydrogens is 196 g/mol. The highest BCUT2D eigenvalue weighted by Crippen LogP contribution is 2.41. The lowest BCUT2D eigenvalue weighted by Crippen LogP contribution is -2.25. The number of hydrogen-bond acceptors (Lipinski definition) is 1. The van der Waals surface area contributed by atoms with E-state index in [1.807, 2.05) is 6.92 Å².